The zero-order chi connectivity index (χ0) is 15.1. The van der Waals surface area contributed by atoms with Crippen molar-refractivity contribution in [3.8, 4) is 0 Å². The topological polar surface area (TPSA) is 74.7 Å². The largest absolute Gasteiger partial charge is 0.478 e. The van der Waals surface area contributed by atoms with Crippen molar-refractivity contribution in [2.24, 2.45) is 5.92 Å². The highest BCUT2D eigenvalue weighted by Gasteiger charge is 2.32. The van der Waals surface area contributed by atoms with Crippen LogP contribution in [0.2, 0.25) is 0 Å². The van der Waals surface area contributed by atoms with E-state index in [0.717, 1.165) is 6.42 Å². The fraction of sp³-hybridized carbons (Fsp3) is 0.462. The van der Waals surface area contributed by atoms with Gasteiger partial charge in [0, 0.05) is 17.6 Å². The van der Waals surface area contributed by atoms with Gasteiger partial charge in [0.2, 0.25) is 10.0 Å². The number of benzene rings is 1. The van der Waals surface area contributed by atoms with Gasteiger partial charge in [-0.05, 0) is 37.0 Å². The Morgan fingerprint density at radius 3 is 2.60 bits per heavy atom. The van der Waals surface area contributed by atoms with Crippen molar-refractivity contribution < 1.29 is 18.3 Å². The maximum absolute atomic E-state index is 12.6. The van der Waals surface area contributed by atoms with Crippen molar-refractivity contribution in [1.29, 1.82) is 0 Å². The molecule has 1 aromatic carbocycles. The highest BCUT2D eigenvalue weighted by atomic mass is 79.9. The molecule has 0 spiro atoms. The molecule has 1 unspecified atom stereocenters. The fourth-order valence-electron chi connectivity index (χ4n) is 2.30. The highest BCUT2D eigenvalue weighted by molar-refractivity contribution is 9.10. The van der Waals surface area contributed by atoms with Crippen LogP contribution in [0.5, 0.6) is 0 Å². The van der Waals surface area contributed by atoms with Gasteiger partial charge in [-0.2, -0.15) is 4.31 Å². The zero-order valence-corrected chi connectivity index (χ0v) is 13.7. The van der Waals surface area contributed by atoms with E-state index in [2.05, 4.69) is 15.9 Å². The van der Waals surface area contributed by atoms with Crippen LogP contribution >= 0.6 is 15.9 Å². The summed E-state index contributed by atoms with van der Waals surface area (Å²) in [6.07, 6.45) is 0.831. The minimum atomic E-state index is -3.64. The van der Waals surface area contributed by atoms with E-state index in [-0.39, 0.29) is 10.5 Å². The summed E-state index contributed by atoms with van der Waals surface area (Å²) in [7, 11) is -3.64. The minimum Gasteiger partial charge on any atom is -0.478 e. The number of aromatic carboxylic acids is 1. The fourth-order valence-corrected chi connectivity index (χ4v) is 4.74. The van der Waals surface area contributed by atoms with Crippen LogP contribution in [0.4, 0.5) is 0 Å². The van der Waals surface area contributed by atoms with Gasteiger partial charge in [0.15, 0.2) is 0 Å². The molecule has 0 bridgehead atoms. The molecule has 0 radical (unpaired) electrons. The van der Waals surface area contributed by atoms with Crippen LogP contribution < -0.4 is 0 Å². The normalized spacial score (nSPS) is 20.2. The van der Waals surface area contributed by atoms with Crippen molar-refractivity contribution in [3.05, 3.63) is 27.7 Å². The van der Waals surface area contributed by atoms with E-state index < -0.39 is 16.0 Å². The quantitative estimate of drug-likeness (QED) is 0.897. The Bertz CT molecular complexity index is 657. The number of carbonyl (C=O) groups is 1. The highest BCUT2D eigenvalue weighted by Crippen LogP contribution is 2.30. The van der Waals surface area contributed by atoms with Gasteiger partial charge in [0.05, 0.1) is 10.5 Å². The predicted molar refractivity (Wildman–Crippen MR) is 78.4 cm³/mol. The molecule has 110 valence electrons. The summed E-state index contributed by atoms with van der Waals surface area (Å²) in [6.45, 7) is 4.64. The van der Waals surface area contributed by atoms with E-state index >= 15 is 0 Å². The number of halogens is 1. The molecule has 0 amide bonds. The summed E-state index contributed by atoms with van der Waals surface area (Å²) in [5.74, 6) is -0.812. The van der Waals surface area contributed by atoms with E-state index in [9.17, 15) is 13.2 Å². The molecule has 1 saturated heterocycles. The molecule has 2 rings (SSSR count). The maximum atomic E-state index is 12.6. The Labute approximate surface area is 126 Å². The number of carboxylic acids is 1. The molecular weight excluding hydrogens is 346 g/mol. The number of rotatable bonds is 3. The second-order valence-corrected chi connectivity index (χ2v) is 7.90. The van der Waals surface area contributed by atoms with Crippen LogP contribution in [0.3, 0.4) is 0 Å². The molecule has 0 aliphatic carbocycles. The molecule has 1 fully saturated rings. The van der Waals surface area contributed by atoms with Gasteiger partial charge in [-0.3, -0.25) is 0 Å². The number of hydrogen-bond acceptors (Lipinski definition) is 3. The molecule has 1 N–H and O–H groups in total. The third kappa shape index (κ3) is 2.75. The first-order chi connectivity index (χ1) is 9.23. The monoisotopic (exact) mass is 361 g/mol. The molecule has 1 aliphatic heterocycles. The Balaban J connectivity index is 2.54. The first-order valence-corrected chi connectivity index (χ1v) is 8.50. The summed E-state index contributed by atoms with van der Waals surface area (Å²) in [5, 5.41) is 9.07. The third-order valence-electron chi connectivity index (χ3n) is 3.55. The SMILES string of the molecule is Cc1c(Br)cc(C(=O)O)cc1S(=O)(=O)N1CCC(C)C1. The summed E-state index contributed by atoms with van der Waals surface area (Å²) in [4.78, 5) is 11.2. The first-order valence-electron chi connectivity index (χ1n) is 6.27. The average Bonchev–Trinajstić information content (AvgIpc) is 2.79. The van der Waals surface area contributed by atoms with Crippen LogP contribution in [-0.2, 0) is 10.0 Å². The van der Waals surface area contributed by atoms with E-state index in [1.165, 1.54) is 16.4 Å². The first kappa shape index (κ1) is 15.5. The van der Waals surface area contributed by atoms with Crippen molar-refractivity contribution in [2.45, 2.75) is 25.2 Å². The molecule has 20 heavy (non-hydrogen) atoms. The second kappa shape index (κ2) is 5.46. The Kier molecular flexibility index (Phi) is 4.22. The van der Waals surface area contributed by atoms with E-state index in [0.29, 0.717) is 29.0 Å². The van der Waals surface area contributed by atoms with Gasteiger partial charge in [-0.1, -0.05) is 22.9 Å². The molecule has 5 nitrogen and oxygen atoms in total. The summed E-state index contributed by atoms with van der Waals surface area (Å²) in [5.41, 5.74) is 0.503. The lowest BCUT2D eigenvalue weighted by Gasteiger charge is -2.18. The molecule has 0 saturated carbocycles. The van der Waals surface area contributed by atoms with Crippen molar-refractivity contribution in [2.75, 3.05) is 13.1 Å². The van der Waals surface area contributed by atoms with Crippen LogP contribution in [0.1, 0.15) is 29.3 Å². The van der Waals surface area contributed by atoms with Gasteiger partial charge >= 0.3 is 5.97 Å². The van der Waals surface area contributed by atoms with Gasteiger partial charge in [0.1, 0.15) is 0 Å². The molecule has 1 heterocycles. The minimum absolute atomic E-state index is 0.0340. The number of sulfonamides is 1. The Morgan fingerprint density at radius 2 is 2.10 bits per heavy atom. The number of carboxylic acid groups (broad SMARTS) is 1. The maximum Gasteiger partial charge on any atom is 0.335 e. The Hall–Kier alpha value is -0.920. The summed E-state index contributed by atoms with van der Waals surface area (Å²) in [6, 6.07) is 2.66. The lowest BCUT2D eigenvalue weighted by atomic mass is 10.1. The smallest absolute Gasteiger partial charge is 0.335 e. The molecule has 1 aliphatic rings. The summed E-state index contributed by atoms with van der Waals surface area (Å²) >= 11 is 3.23. The van der Waals surface area contributed by atoms with Crippen molar-refractivity contribution >= 4 is 31.9 Å². The van der Waals surface area contributed by atoms with Crippen molar-refractivity contribution in [3.63, 3.8) is 0 Å². The average molecular weight is 362 g/mol. The van der Waals surface area contributed by atoms with Crippen LogP contribution in [-0.4, -0.2) is 36.9 Å². The molecular formula is C13H16BrNO4S. The van der Waals surface area contributed by atoms with Gasteiger partial charge in [0.25, 0.3) is 0 Å². The van der Waals surface area contributed by atoms with Gasteiger partial charge in [-0.15, -0.1) is 0 Å². The van der Waals surface area contributed by atoms with Crippen LogP contribution in [0, 0.1) is 12.8 Å². The van der Waals surface area contributed by atoms with Crippen LogP contribution in [0.15, 0.2) is 21.5 Å². The lowest BCUT2D eigenvalue weighted by Crippen LogP contribution is -2.29. The molecule has 1 atom stereocenters. The van der Waals surface area contributed by atoms with Gasteiger partial charge in [-0.25, -0.2) is 13.2 Å². The number of hydrogen-bond donors (Lipinski definition) is 1. The standard InChI is InChI=1S/C13H16BrNO4S/c1-8-3-4-15(7-8)20(18,19)12-6-10(13(16)17)5-11(14)9(12)2/h5-6,8H,3-4,7H2,1-2H3,(H,16,17). The van der Waals surface area contributed by atoms with Crippen molar-refractivity contribution in [1.82, 2.24) is 4.31 Å². The van der Waals surface area contributed by atoms with E-state index in [1.807, 2.05) is 6.92 Å². The lowest BCUT2D eigenvalue weighted by molar-refractivity contribution is 0.0696. The van der Waals surface area contributed by atoms with E-state index in [4.69, 9.17) is 5.11 Å². The second-order valence-electron chi connectivity index (χ2n) is 5.14. The van der Waals surface area contributed by atoms with Crippen LogP contribution in [0.25, 0.3) is 0 Å². The van der Waals surface area contributed by atoms with Gasteiger partial charge < -0.3 is 5.11 Å². The predicted octanol–water partition coefficient (Wildman–Crippen LogP) is 2.49. The molecule has 1 aromatic rings. The number of nitrogens with zero attached hydrogens (tertiary/aromatic N) is 1. The zero-order valence-electron chi connectivity index (χ0n) is 11.3. The van der Waals surface area contributed by atoms with E-state index in [1.54, 1.807) is 6.92 Å². The molecule has 7 heteroatoms. The third-order valence-corrected chi connectivity index (χ3v) is 6.36. The summed E-state index contributed by atoms with van der Waals surface area (Å²) < 4.78 is 27.2. The Morgan fingerprint density at radius 1 is 1.45 bits per heavy atom. The molecule has 0 aromatic heterocycles.